The summed E-state index contributed by atoms with van der Waals surface area (Å²) in [6.45, 7) is 90.8. The maximum Gasteiger partial charge on any atom is 0.133 e. The summed E-state index contributed by atoms with van der Waals surface area (Å²) in [5.41, 5.74) is -2.71. The van der Waals surface area contributed by atoms with Crippen LogP contribution in [0.4, 0.5) is 13.2 Å². The van der Waals surface area contributed by atoms with Crippen LogP contribution in [0.5, 0.6) is 0 Å². The first-order chi connectivity index (χ1) is 47.8. The van der Waals surface area contributed by atoms with Gasteiger partial charge in [-0.15, -0.1) is 0 Å². The summed E-state index contributed by atoms with van der Waals surface area (Å²) in [5, 5.41) is 0. The van der Waals surface area contributed by atoms with E-state index in [9.17, 15) is 13.2 Å². The number of halogens is 3. The maximum absolute atomic E-state index is 13.4. The smallest absolute Gasteiger partial charge is 0.133 e. The van der Waals surface area contributed by atoms with Gasteiger partial charge in [-0.05, 0) is 261 Å². The van der Waals surface area contributed by atoms with E-state index < -0.39 is 17.0 Å². The second kappa shape index (κ2) is 56.5. The summed E-state index contributed by atoms with van der Waals surface area (Å²) < 4.78 is 39.5. The third-order valence-electron chi connectivity index (χ3n) is 20.7. The van der Waals surface area contributed by atoms with E-state index in [4.69, 9.17) is 0 Å². The zero-order valence-corrected chi connectivity index (χ0v) is 73.6. The van der Waals surface area contributed by atoms with Crippen molar-refractivity contribution in [1.29, 1.82) is 0 Å². The molecule has 0 radical (unpaired) electrons. The van der Waals surface area contributed by atoms with Crippen LogP contribution in [0.15, 0.2) is 0 Å². The monoisotopic (exact) mass is 1450 g/mol. The number of nitrogens with zero attached hydrogens (tertiary/aromatic N) is 11. The Labute approximate surface area is 637 Å². The predicted molar refractivity (Wildman–Crippen MR) is 446 cm³/mol. The molecule has 612 valence electrons. The predicted octanol–water partition coefficient (Wildman–Crippen LogP) is 19.0. The number of hydrogen-bond acceptors (Lipinski definition) is 11. The van der Waals surface area contributed by atoms with Crippen molar-refractivity contribution in [2.24, 2.45) is 65.1 Å². The third kappa shape index (κ3) is 57.4. The van der Waals surface area contributed by atoms with E-state index in [2.05, 4.69) is 206 Å². The topological polar surface area (TPSA) is 35.6 Å². The van der Waals surface area contributed by atoms with Crippen molar-refractivity contribution in [3.63, 3.8) is 0 Å². The Hall–Kier alpha value is -0.650. The van der Waals surface area contributed by atoms with E-state index in [0.29, 0.717) is 56.7 Å². The van der Waals surface area contributed by atoms with Crippen LogP contribution in [0.3, 0.4) is 0 Å². The van der Waals surface area contributed by atoms with Gasteiger partial charge >= 0.3 is 0 Å². The van der Waals surface area contributed by atoms with Gasteiger partial charge in [-0.25, -0.2) is 13.2 Å². The quantitative estimate of drug-likeness (QED) is 0.117. The lowest BCUT2D eigenvalue weighted by Crippen LogP contribution is -2.57. The molecule has 0 spiro atoms. The minimum Gasteiger partial charge on any atom is -0.304 e. The molecule has 10 heterocycles. The first kappa shape index (κ1) is 99.4. The fourth-order valence-corrected chi connectivity index (χ4v) is 15.8. The molecule has 0 N–H and O–H groups in total. The van der Waals surface area contributed by atoms with Crippen LogP contribution in [0, 0.1) is 65.1 Å². The Morgan fingerprint density at radius 2 is 0.441 bits per heavy atom. The number of hydrogen-bond donors (Lipinski definition) is 0. The molecule has 14 heteroatoms. The summed E-state index contributed by atoms with van der Waals surface area (Å²) in [6.07, 6.45) is 22.1. The molecule has 0 aromatic heterocycles. The highest BCUT2D eigenvalue weighted by atomic mass is 19.2. The van der Waals surface area contributed by atoms with Crippen LogP contribution in [0.1, 0.15) is 275 Å². The zero-order valence-electron chi connectivity index (χ0n) is 73.6. The first-order valence-electron chi connectivity index (χ1n) is 43.8. The van der Waals surface area contributed by atoms with E-state index in [-0.39, 0.29) is 0 Å². The van der Waals surface area contributed by atoms with Crippen molar-refractivity contribution < 1.29 is 13.2 Å². The van der Waals surface area contributed by atoms with Gasteiger partial charge in [0.25, 0.3) is 0 Å². The molecule has 0 amide bonds. The Balaban J connectivity index is 0.000000567. The van der Waals surface area contributed by atoms with Gasteiger partial charge in [0.05, 0.1) is 0 Å². The average molecular weight is 1450 g/mol. The van der Waals surface area contributed by atoms with E-state index in [1.165, 1.54) is 240 Å². The molecule has 10 saturated heterocycles. The molecule has 11 nitrogen and oxygen atoms in total. The number of piperidine rings is 5. The third-order valence-corrected chi connectivity index (χ3v) is 20.7. The molecule has 10 aliphatic rings. The zero-order chi connectivity index (χ0) is 76.8. The van der Waals surface area contributed by atoms with Crippen molar-refractivity contribution in [3.05, 3.63) is 0 Å². The lowest BCUT2D eigenvalue weighted by atomic mass is 9.95. The molecular formula is C88H184F3N11. The van der Waals surface area contributed by atoms with Crippen molar-refractivity contribution >= 4 is 0 Å². The highest BCUT2D eigenvalue weighted by Gasteiger charge is 2.38. The summed E-state index contributed by atoms with van der Waals surface area (Å²) >= 11 is 0. The van der Waals surface area contributed by atoms with Gasteiger partial charge in [0.15, 0.2) is 0 Å². The number of alkyl halides is 3. The van der Waals surface area contributed by atoms with Crippen molar-refractivity contribution in [2.45, 2.75) is 292 Å². The van der Waals surface area contributed by atoms with Crippen molar-refractivity contribution in [2.75, 3.05) is 216 Å². The molecule has 1 unspecified atom stereocenters. The van der Waals surface area contributed by atoms with E-state index in [0.717, 1.165) is 86.6 Å². The molecule has 102 heavy (non-hydrogen) atoms. The van der Waals surface area contributed by atoms with Crippen LogP contribution in [0.2, 0.25) is 0 Å². The maximum atomic E-state index is 13.4. The molecular weight excluding hydrogens is 1270 g/mol. The van der Waals surface area contributed by atoms with Gasteiger partial charge in [0, 0.05) is 131 Å². The average Bonchev–Trinajstić information content (AvgIpc) is 0.939. The van der Waals surface area contributed by atoms with Crippen molar-refractivity contribution in [3.8, 4) is 0 Å². The minimum atomic E-state index is -0.922. The molecule has 0 aromatic carbocycles. The lowest BCUT2D eigenvalue weighted by Gasteiger charge is -2.43. The SMILES string of the molecule is CC(C)CN1CC(C)(F)C1.CC(C)CN1CCC(C)(F)C1.CC(C)CN1CCC(C)(F)CC1.CC(C)CN1CCC(C)CC1.CC(C)CN1CCC1.CC(C)CN1CCCC1.CC(C)CN1CCCCC1.CC(C)CN1CCCCC1.CC(C)CN1CCCCC1.CC(C)CN1CCN(C)CC1. The van der Waals surface area contributed by atoms with Gasteiger partial charge in [-0.1, -0.05) is 165 Å². The van der Waals surface area contributed by atoms with Gasteiger partial charge < -0.3 is 44.1 Å². The van der Waals surface area contributed by atoms with Gasteiger partial charge in [0.2, 0.25) is 0 Å². The molecule has 1 atom stereocenters. The normalized spacial score (nSPS) is 23.9. The number of rotatable bonds is 20. The van der Waals surface area contributed by atoms with Crippen LogP contribution < -0.4 is 0 Å². The van der Waals surface area contributed by atoms with Crippen LogP contribution in [-0.2, 0) is 0 Å². The molecule has 0 saturated carbocycles. The van der Waals surface area contributed by atoms with E-state index in [1.807, 2.05) is 0 Å². The number of likely N-dealkylation sites (tertiary alicyclic amines) is 9. The second-order valence-electron chi connectivity index (χ2n) is 39.0. The molecule has 0 aromatic rings. The number of piperazine rings is 1. The van der Waals surface area contributed by atoms with Crippen LogP contribution in [-0.4, -0.2) is 287 Å². The summed E-state index contributed by atoms with van der Waals surface area (Å²) in [4.78, 5) is 27.1. The van der Waals surface area contributed by atoms with E-state index >= 15 is 0 Å². The lowest BCUT2D eigenvalue weighted by molar-refractivity contribution is -0.0232. The highest BCUT2D eigenvalue weighted by Crippen LogP contribution is 2.28. The summed E-state index contributed by atoms with van der Waals surface area (Å²) in [5.74, 6) is 8.89. The van der Waals surface area contributed by atoms with Gasteiger partial charge in [-0.3, -0.25) is 9.80 Å². The summed E-state index contributed by atoms with van der Waals surface area (Å²) in [7, 11) is 2.20. The fraction of sp³-hybridized carbons (Fsp3) is 1.00. The molecule has 10 fully saturated rings. The Morgan fingerprint density at radius 3 is 0.686 bits per heavy atom. The van der Waals surface area contributed by atoms with E-state index in [1.54, 1.807) is 20.8 Å². The Morgan fingerprint density at radius 1 is 0.235 bits per heavy atom. The van der Waals surface area contributed by atoms with Gasteiger partial charge in [0.1, 0.15) is 17.0 Å². The van der Waals surface area contributed by atoms with Crippen LogP contribution in [0.25, 0.3) is 0 Å². The first-order valence-corrected chi connectivity index (χ1v) is 43.8. The van der Waals surface area contributed by atoms with Crippen LogP contribution >= 0.6 is 0 Å². The number of likely N-dealkylation sites (N-methyl/N-ethyl adjacent to an activating group) is 1. The Kier molecular flexibility index (Phi) is 55.1. The fourth-order valence-electron chi connectivity index (χ4n) is 15.8. The minimum absolute atomic E-state index is 0.630. The standard InChI is InChI=1S/C10H20FN.C10H21N.C9H18FN.C9H20N2.3C9H19N.C8H16FN.C8H17N.C7H15N/c1-9(2)8-12-6-4-10(3,11)5-7-12;1-9(2)8-11-6-4-10(3)5-7-11;1-8(2)6-11-5-4-9(3,10)7-11;1-9(2)8-11-6-4-10(3)5-7-11;3*1-9(2)8-10-6-4-3-5-7-10;1-7(2)4-10-5-8(3,9)6-10;1-8(2)7-9-5-3-4-6-9;1-7(2)6-8-4-3-5-8/h9H,4-8H2,1-3H3;9-10H,4-8H2,1-3H3;8H,4-7H2,1-3H3;9H,4-8H2,1-3H3;3*9H,3-8H2,1-2H3;7H,4-6H2,1-3H3;8H,3-7H2,1-2H3;7H,3-6H2,1-2H3. The van der Waals surface area contributed by atoms with Gasteiger partial charge in [-0.2, -0.15) is 0 Å². The Bertz CT molecular complexity index is 1760. The highest BCUT2D eigenvalue weighted by molar-refractivity contribution is 4.92. The molecule has 10 rings (SSSR count). The molecule has 0 bridgehead atoms. The molecule has 10 aliphatic heterocycles. The summed E-state index contributed by atoms with van der Waals surface area (Å²) in [6, 6.07) is 0. The largest absolute Gasteiger partial charge is 0.304 e. The van der Waals surface area contributed by atoms with Crippen molar-refractivity contribution in [1.82, 2.24) is 53.9 Å². The molecule has 0 aliphatic carbocycles. The second-order valence-corrected chi connectivity index (χ2v) is 39.0.